The van der Waals surface area contributed by atoms with Crippen LogP contribution in [0.1, 0.15) is 31.4 Å². The van der Waals surface area contributed by atoms with E-state index in [9.17, 15) is 4.79 Å². The second kappa shape index (κ2) is 10.3. The summed E-state index contributed by atoms with van der Waals surface area (Å²) in [4.78, 5) is 14.8. The normalized spacial score (nSPS) is 11.5. The number of anilines is 1. The van der Waals surface area contributed by atoms with Gasteiger partial charge in [-0.15, -0.1) is 0 Å². The largest absolute Gasteiger partial charge is 0.489 e. The zero-order valence-electron chi connectivity index (χ0n) is 17.0. The number of ether oxygens (including phenoxy) is 1. The summed E-state index contributed by atoms with van der Waals surface area (Å²) in [7, 11) is 0. The molecular weight excluding hydrogens is 360 g/mol. The molecule has 29 heavy (non-hydrogen) atoms. The number of nitrogens with zero attached hydrogens (tertiary/aromatic N) is 1. The number of benzene rings is 3. The molecule has 0 bridgehead atoms. The van der Waals surface area contributed by atoms with Gasteiger partial charge in [0, 0.05) is 18.3 Å². The van der Waals surface area contributed by atoms with Crippen molar-refractivity contribution in [1.82, 2.24) is 4.90 Å². The van der Waals surface area contributed by atoms with Crippen LogP contribution in [0.25, 0.3) is 0 Å². The fourth-order valence-electron chi connectivity index (χ4n) is 3.04. The summed E-state index contributed by atoms with van der Waals surface area (Å²) >= 11 is 0. The van der Waals surface area contributed by atoms with Crippen molar-refractivity contribution in [1.29, 1.82) is 0 Å². The molecule has 4 heteroatoms. The molecule has 0 spiro atoms. The number of amides is 2. The number of carbonyl (C=O) groups is 1. The van der Waals surface area contributed by atoms with E-state index in [-0.39, 0.29) is 12.1 Å². The highest BCUT2D eigenvalue weighted by atomic mass is 16.5. The number of nitrogens with one attached hydrogen (secondary N) is 1. The van der Waals surface area contributed by atoms with Crippen LogP contribution in [0.4, 0.5) is 10.5 Å². The van der Waals surface area contributed by atoms with E-state index in [1.165, 1.54) is 0 Å². The van der Waals surface area contributed by atoms with Crippen LogP contribution in [0.5, 0.6) is 5.75 Å². The Morgan fingerprint density at radius 3 is 2.28 bits per heavy atom. The summed E-state index contributed by atoms with van der Waals surface area (Å²) in [6.45, 7) is 5.21. The van der Waals surface area contributed by atoms with Crippen LogP contribution in [0.2, 0.25) is 0 Å². The van der Waals surface area contributed by atoms with Crippen molar-refractivity contribution >= 4 is 11.7 Å². The van der Waals surface area contributed by atoms with Crippen molar-refractivity contribution < 1.29 is 9.53 Å². The maximum absolute atomic E-state index is 12.9. The maximum atomic E-state index is 12.9. The quantitative estimate of drug-likeness (QED) is 0.507. The molecule has 0 aromatic heterocycles. The number of hydrogen-bond acceptors (Lipinski definition) is 2. The van der Waals surface area contributed by atoms with Crippen molar-refractivity contribution in [2.24, 2.45) is 0 Å². The van der Waals surface area contributed by atoms with Crippen LogP contribution in [0.3, 0.4) is 0 Å². The molecule has 0 saturated carbocycles. The molecule has 1 atom stereocenters. The average molecular weight is 389 g/mol. The highest BCUT2D eigenvalue weighted by Gasteiger charge is 2.19. The van der Waals surface area contributed by atoms with Gasteiger partial charge in [0.15, 0.2) is 0 Å². The highest BCUT2D eigenvalue weighted by Crippen LogP contribution is 2.19. The molecule has 0 radical (unpaired) electrons. The van der Waals surface area contributed by atoms with E-state index < -0.39 is 0 Å². The van der Waals surface area contributed by atoms with Gasteiger partial charge in [-0.05, 0) is 48.7 Å². The average Bonchev–Trinajstić information content (AvgIpc) is 2.77. The first-order valence-electron chi connectivity index (χ1n) is 10.0. The lowest BCUT2D eigenvalue weighted by atomic mass is 10.1. The Bertz CT molecular complexity index is 897. The zero-order chi connectivity index (χ0) is 20.5. The number of rotatable bonds is 8. The molecule has 150 valence electrons. The first-order chi connectivity index (χ1) is 14.2. The van der Waals surface area contributed by atoms with Crippen molar-refractivity contribution in [3.05, 3.63) is 96.1 Å². The fraction of sp³-hybridized carbons (Fsp3) is 0.240. The Morgan fingerprint density at radius 2 is 1.59 bits per heavy atom. The summed E-state index contributed by atoms with van der Waals surface area (Å²) < 4.78 is 5.94. The van der Waals surface area contributed by atoms with Gasteiger partial charge in [0.05, 0.1) is 0 Å². The lowest BCUT2D eigenvalue weighted by Gasteiger charge is -2.29. The van der Waals surface area contributed by atoms with Gasteiger partial charge in [0.1, 0.15) is 12.4 Å². The molecule has 1 unspecified atom stereocenters. The predicted molar refractivity (Wildman–Crippen MR) is 118 cm³/mol. The van der Waals surface area contributed by atoms with Crippen LogP contribution in [-0.4, -0.2) is 17.0 Å². The van der Waals surface area contributed by atoms with Crippen LogP contribution in [0.15, 0.2) is 84.9 Å². The van der Waals surface area contributed by atoms with Crippen molar-refractivity contribution in [2.45, 2.75) is 39.5 Å². The SMILES string of the molecule is CCC(C)N(Cc1cccc(OCc2ccccc2)c1)C(=O)Nc1ccccc1. The molecule has 3 rings (SSSR count). The van der Waals surface area contributed by atoms with Crippen molar-refractivity contribution in [3.8, 4) is 5.75 Å². The Balaban J connectivity index is 1.68. The molecular formula is C25H28N2O2. The second-order valence-electron chi connectivity index (χ2n) is 7.10. The molecule has 0 saturated heterocycles. The number of para-hydroxylation sites is 1. The molecule has 2 amide bonds. The summed E-state index contributed by atoms with van der Waals surface area (Å²) in [5.41, 5.74) is 2.96. The minimum atomic E-state index is -0.0962. The van der Waals surface area contributed by atoms with Crippen LogP contribution >= 0.6 is 0 Å². The van der Waals surface area contributed by atoms with Gasteiger partial charge in [-0.1, -0.05) is 67.6 Å². The molecule has 0 aliphatic carbocycles. The summed E-state index contributed by atoms with van der Waals surface area (Å²) in [6.07, 6.45) is 0.881. The lowest BCUT2D eigenvalue weighted by molar-refractivity contribution is 0.187. The predicted octanol–water partition coefficient (Wildman–Crippen LogP) is 6.10. The molecule has 3 aromatic carbocycles. The summed E-state index contributed by atoms with van der Waals surface area (Å²) in [6, 6.07) is 27.6. The van der Waals surface area contributed by atoms with Gasteiger partial charge < -0.3 is 15.0 Å². The number of carbonyl (C=O) groups excluding carboxylic acids is 1. The minimum Gasteiger partial charge on any atom is -0.489 e. The molecule has 3 aromatic rings. The minimum absolute atomic E-state index is 0.0962. The first kappa shape index (κ1) is 20.5. The van der Waals surface area contributed by atoms with Crippen molar-refractivity contribution in [2.75, 3.05) is 5.32 Å². The fourth-order valence-corrected chi connectivity index (χ4v) is 3.04. The molecule has 0 heterocycles. The molecule has 4 nitrogen and oxygen atoms in total. The number of urea groups is 1. The van der Waals surface area contributed by atoms with E-state index in [1.54, 1.807) is 0 Å². The second-order valence-corrected chi connectivity index (χ2v) is 7.10. The topological polar surface area (TPSA) is 41.6 Å². The third kappa shape index (κ3) is 6.11. The highest BCUT2D eigenvalue weighted by molar-refractivity contribution is 5.89. The summed E-state index contributed by atoms with van der Waals surface area (Å²) in [5, 5.41) is 2.99. The summed E-state index contributed by atoms with van der Waals surface area (Å²) in [5.74, 6) is 0.805. The maximum Gasteiger partial charge on any atom is 0.322 e. The van der Waals surface area contributed by atoms with Gasteiger partial charge in [-0.3, -0.25) is 0 Å². The van der Waals surface area contributed by atoms with Crippen LogP contribution in [-0.2, 0) is 13.2 Å². The third-order valence-corrected chi connectivity index (χ3v) is 4.91. The molecule has 1 N–H and O–H groups in total. The van der Waals surface area contributed by atoms with Gasteiger partial charge in [0.2, 0.25) is 0 Å². The Hall–Kier alpha value is -3.27. The van der Waals surface area contributed by atoms with Crippen LogP contribution < -0.4 is 10.1 Å². The van der Waals surface area contributed by atoms with E-state index in [0.717, 1.165) is 29.0 Å². The van der Waals surface area contributed by atoms with Gasteiger partial charge in [-0.25, -0.2) is 4.79 Å². The number of hydrogen-bond donors (Lipinski definition) is 1. The van der Waals surface area contributed by atoms with Gasteiger partial charge >= 0.3 is 6.03 Å². The standard InChI is InChI=1S/C25H28N2O2/c1-3-20(2)27(25(28)26-23-14-8-5-9-15-23)18-22-13-10-16-24(17-22)29-19-21-11-6-4-7-12-21/h4-17,20H,3,18-19H2,1-2H3,(H,26,28). The zero-order valence-corrected chi connectivity index (χ0v) is 17.0. The van der Waals surface area contributed by atoms with E-state index in [2.05, 4.69) is 19.2 Å². The van der Waals surface area contributed by atoms with E-state index >= 15 is 0 Å². The van der Waals surface area contributed by atoms with Crippen molar-refractivity contribution in [3.63, 3.8) is 0 Å². The van der Waals surface area contributed by atoms with E-state index in [4.69, 9.17) is 4.74 Å². The molecule has 0 aliphatic heterocycles. The van der Waals surface area contributed by atoms with E-state index in [1.807, 2.05) is 89.8 Å². The molecule has 0 aliphatic rings. The molecule has 0 fully saturated rings. The smallest absolute Gasteiger partial charge is 0.322 e. The Morgan fingerprint density at radius 1 is 0.931 bits per heavy atom. The van der Waals surface area contributed by atoms with Crippen LogP contribution in [0, 0.1) is 0 Å². The monoisotopic (exact) mass is 388 g/mol. The Kier molecular flexibility index (Phi) is 7.28. The Labute approximate surface area is 173 Å². The first-order valence-corrected chi connectivity index (χ1v) is 10.0. The lowest BCUT2D eigenvalue weighted by Crippen LogP contribution is -2.40. The van der Waals surface area contributed by atoms with Gasteiger partial charge in [-0.2, -0.15) is 0 Å². The van der Waals surface area contributed by atoms with Gasteiger partial charge in [0.25, 0.3) is 0 Å². The van der Waals surface area contributed by atoms with E-state index in [0.29, 0.717) is 13.2 Å². The third-order valence-electron chi connectivity index (χ3n) is 4.91.